The van der Waals surface area contributed by atoms with Gasteiger partial charge >= 0.3 is 6.03 Å². The van der Waals surface area contributed by atoms with Gasteiger partial charge in [0.2, 0.25) is 0 Å². The van der Waals surface area contributed by atoms with Crippen LogP contribution in [0.1, 0.15) is 22.0 Å². The maximum atomic E-state index is 13.2. The van der Waals surface area contributed by atoms with Gasteiger partial charge in [-0.2, -0.15) is 0 Å². The fourth-order valence-corrected chi connectivity index (χ4v) is 3.11. The van der Waals surface area contributed by atoms with E-state index in [1.54, 1.807) is 35.2 Å². The molecule has 1 unspecified atom stereocenters. The molecule has 3 amide bonds. The molecule has 7 heteroatoms. The third-order valence-corrected chi connectivity index (χ3v) is 4.61. The SMILES string of the molecule is CN(C)C(CNC(=O)c1cccc(N2CCNC2=O)c1)c1ccc(F)cc1. The largest absolute Gasteiger partial charge is 0.350 e. The summed E-state index contributed by atoms with van der Waals surface area (Å²) in [6.45, 7) is 1.56. The molecule has 3 rings (SSSR count). The Morgan fingerprint density at radius 3 is 2.63 bits per heavy atom. The third-order valence-electron chi connectivity index (χ3n) is 4.61. The average Bonchev–Trinajstić information content (AvgIpc) is 3.09. The molecule has 1 aliphatic rings. The van der Waals surface area contributed by atoms with Crippen LogP contribution in [0.4, 0.5) is 14.9 Å². The van der Waals surface area contributed by atoms with Crippen LogP contribution in [0.3, 0.4) is 0 Å². The van der Waals surface area contributed by atoms with Crippen LogP contribution in [0.5, 0.6) is 0 Å². The predicted molar refractivity (Wildman–Crippen MR) is 102 cm³/mol. The predicted octanol–water partition coefficient (Wildman–Crippen LogP) is 2.39. The van der Waals surface area contributed by atoms with E-state index in [1.807, 2.05) is 25.1 Å². The molecule has 1 heterocycles. The lowest BCUT2D eigenvalue weighted by Crippen LogP contribution is -2.34. The Kier molecular flexibility index (Phi) is 5.71. The Morgan fingerprint density at radius 1 is 1.26 bits per heavy atom. The van der Waals surface area contributed by atoms with Crippen molar-refractivity contribution in [2.75, 3.05) is 38.6 Å². The summed E-state index contributed by atoms with van der Waals surface area (Å²) in [7, 11) is 3.82. The number of hydrogen-bond donors (Lipinski definition) is 2. The molecule has 2 N–H and O–H groups in total. The first-order valence-corrected chi connectivity index (χ1v) is 8.81. The van der Waals surface area contributed by atoms with Crippen molar-refractivity contribution in [3.8, 4) is 0 Å². The molecule has 0 saturated carbocycles. The lowest BCUT2D eigenvalue weighted by Gasteiger charge is -2.25. The molecule has 0 aromatic heterocycles. The zero-order valence-electron chi connectivity index (χ0n) is 15.4. The van der Waals surface area contributed by atoms with Gasteiger partial charge in [-0.3, -0.25) is 9.69 Å². The average molecular weight is 370 g/mol. The zero-order valence-corrected chi connectivity index (χ0v) is 15.4. The van der Waals surface area contributed by atoms with Crippen LogP contribution in [0, 0.1) is 5.82 Å². The molecular weight excluding hydrogens is 347 g/mol. The molecule has 2 aromatic carbocycles. The number of benzene rings is 2. The molecule has 0 spiro atoms. The van der Waals surface area contributed by atoms with Crippen LogP contribution in [0.15, 0.2) is 48.5 Å². The number of anilines is 1. The van der Waals surface area contributed by atoms with Gasteiger partial charge in [-0.05, 0) is 50.0 Å². The van der Waals surface area contributed by atoms with Gasteiger partial charge in [-0.1, -0.05) is 18.2 Å². The first kappa shape index (κ1) is 18.8. The second kappa shape index (κ2) is 8.18. The Labute approximate surface area is 158 Å². The minimum absolute atomic E-state index is 0.0814. The maximum Gasteiger partial charge on any atom is 0.321 e. The standard InChI is InChI=1S/C20H23FN4O2/c1-24(2)18(14-6-8-16(21)9-7-14)13-23-19(26)15-4-3-5-17(12-15)25-11-10-22-20(25)27/h3-9,12,18H,10-11,13H2,1-2H3,(H,22,27)(H,23,26). The monoisotopic (exact) mass is 370 g/mol. The summed E-state index contributed by atoms with van der Waals surface area (Å²) in [5, 5.41) is 5.67. The van der Waals surface area contributed by atoms with Gasteiger partial charge in [-0.15, -0.1) is 0 Å². The van der Waals surface area contributed by atoms with Gasteiger partial charge in [0, 0.05) is 30.9 Å². The van der Waals surface area contributed by atoms with E-state index in [9.17, 15) is 14.0 Å². The van der Waals surface area contributed by atoms with Crippen LogP contribution in [-0.2, 0) is 0 Å². The Morgan fingerprint density at radius 2 is 2.00 bits per heavy atom. The van der Waals surface area contributed by atoms with E-state index >= 15 is 0 Å². The van der Waals surface area contributed by atoms with Crippen molar-refractivity contribution in [1.82, 2.24) is 15.5 Å². The van der Waals surface area contributed by atoms with E-state index in [1.165, 1.54) is 12.1 Å². The number of likely N-dealkylation sites (N-methyl/N-ethyl adjacent to an activating group) is 1. The number of carbonyl (C=O) groups excluding carboxylic acids is 2. The zero-order chi connectivity index (χ0) is 19.4. The molecule has 27 heavy (non-hydrogen) atoms. The molecule has 2 aromatic rings. The molecule has 1 aliphatic heterocycles. The Balaban J connectivity index is 1.69. The van der Waals surface area contributed by atoms with Crippen LogP contribution < -0.4 is 15.5 Å². The molecule has 1 atom stereocenters. The second-order valence-electron chi connectivity index (χ2n) is 6.67. The van der Waals surface area contributed by atoms with Gasteiger partial charge in [0.25, 0.3) is 5.91 Å². The third kappa shape index (κ3) is 4.43. The molecule has 6 nitrogen and oxygen atoms in total. The Bertz CT molecular complexity index is 823. The fourth-order valence-electron chi connectivity index (χ4n) is 3.11. The van der Waals surface area contributed by atoms with Gasteiger partial charge in [-0.25, -0.2) is 9.18 Å². The molecule has 0 radical (unpaired) electrons. The summed E-state index contributed by atoms with van der Waals surface area (Å²) < 4.78 is 13.2. The van der Waals surface area contributed by atoms with Crippen molar-refractivity contribution in [2.45, 2.75) is 6.04 Å². The van der Waals surface area contributed by atoms with Gasteiger partial charge in [0.15, 0.2) is 0 Å². The molecular formula is C20H23FN4O2. The van der Waals surface area contributed by atoms with Crippen molar-refractivity contribution in [1.29, 1.82) is 0 Å². The molecule has 0 aliphatic carbocycles. The molecule has 1 saturated heterocycles. The van der Waals surface area contributed by atoms with E-state index in [0.29, 0.717) is 30.9 Å². The number of nitrogens with one attached hydrogen (secondary N) is 2. The highest BCUT2D eigenvalue weighted by Crippen LogP contribution is 2.20. The van der Waals surface area contributed by atoms with Crippen LogP contribution in [0.2, 0.25) is 0 Å². The summed E-state index contributed by atoms with van der Waals surface area (Å²) in [6, 6.07) is 13.0. The first-order chi connectivity index (χ1) is 13.0. The number of rotatable bonds is 6. The maximum absolute atomic E-state index is 13.2. The van der Waals surface area contributed by atoms with Crippen LogP contribution in [-0.4, -0.2) is 50.6 Å². The number of nitrogens with zero attached hydrogens (tertiary/aromatic N) is 2. The summed E-state index contributed by atoms with van der Waals surface area (Å²) in [4.78, 5) is 28.0. The van der Waals surface area contributed by atoms with Gasteiger partial charge in [0.1, 0.15) is 5.82 Å². The normalized spacial score (nSPS) is 15.0. The quantitative estimate of drug-likeness (QED) is 0.821. The number of hydrogen-bond acceptors (Lipinski definition) is 3. The van der Waals surface area contributed by atoms with E-state index in [4.69, 9.17) is 0 Å². The van der Waals surface area contributed by atoms with Crippen molar-refractivity contribution in [3.63, 3.8) is 0 Å². The molecule has 142 valence electrons. The topological polar surface area (TPSA) is 64.7 Å². The van der Waals surface area contributed by atoms with E-state index in [-0.39, 0.29) is 23.8 Å². The van der Waals surface area contributed by atoms with Crippen LogP contribution >= 0.6 is 0 Å². The summed E-state index contributed by atoms with van der Waals surface area (Å²) >= 11 is 0. The molecule has 0 bridgehead atoms. The highest BCUT2D eigenvalue weighted by molar-refractivity contribution is 5.98. The van der Waals surface area contributed by atoms with Gasteiger partial charge < -0.3 is 15.5 Å². The van der Waals surface area contributed by atoms with Crippen molar-refractivity contribution in [3.05, 3.63) is 65.5 Å². The molecule has 1 fully saturated rings. The summed E-state index contributed by atoms with van der Waals surface area (Å²) in [6.07, 6.45) is 0. The highest BCUT2D eigenvalue weighted by atomic mass is 19.1. The van der Waals surface area contributed by atoms with E-state index < -0.39 is 0 Å². The summed E-state index contributed by atoms with van der Waals surface area (Å²) in [5.41, 5.74) is 2.10. The van der Waals surface area contributed by atoms with Crippen LogP contribution in [0.25, 0.3) is 0 Å². The smallest absolute Gasteiger partial charge is 0.321 e. The van der Waals surface area contributed by atoms with E-state index in [0.717, 1.165) is 5.56 Å². The Hall–Kier alpha value is -2.93. The van der Waals surface area contributed by atoms with E-state index in [2.05, 4.69) is 10.6 Å². The number of urea groups is 1. The van der Waals surface area contributed by atoms with Crippen molar-refractivity contribution >= 4 is 17.6 Å². The van der Waals surface area contributed by atoms with Gasteiger partial charge in [0.05, 0.1) is 6.04 Å². The number of amides is 3. The van der Waals surface area contributed by atoms with Crippen molar-refractivity contribution < 1.29 is 14.0 Å². The minimum atomic E-state index is -0.289. The summed E-state index contributed by atoms with van der Waals surface area (Å²) in [5.74, 6) is -0.506. The minimum Gasteiger partial charge on any atom is -0.350 e. The lowest BCUT2D eigenvalue weighted by molar-refractivity contribution is 0.0942. The first-order valence-electron chi connectivity index (χ1n) is 8.81. The highest BCUT2D eigenvalue weighted by Gasteiger charge is 2.22. The second-order valence-corrected chi connectivity index (χ2v) is 6.67. The number of halogens is 1. The van der Waals surface area contributed by atoms with Crippen molar-refractivity contribution in [2.24, 2.45) is 0 Å². The lowest BCUT2D eigenvalue weighted by atomic mass is 10.1. The fraction of sp³-hybridized carbons (Fsp3) is 0.300. The number of carbonyl (C=O) groups is 2.